The third-order valence-corrected chi connectivity index (χ3v) is 0.408. The van der Waals surface area contributed by atoms with Gasteiger partial charge in [-0.2, -0.15) is 0 Å². The first-order valence-corrected chi connectivity index (χ1v) is 1.69. The second kappa shape index (κ2) is 25.9. The maximum atomic E-state index is 2.12. The molecule has 0 amide bonds. The Balaban J connectivity index is -0.0000000150. The first-order chi connectivity index (χ1) is 1.91. The third-order valence-electron chi connectivity index (χ3n) is 0.408. The minimum Gasteiger partial charge on any atom is -0.870 e. The van der Waals surface area contributed by atoms with E-state index < -0.39 is 0 Å². The minimum atomic E-state index is 0. The van der Waals surface area contributed by atoms with Crippen molar-refractivity contribution >= 4 is 48.9 Å². The van der Waals surface area contributed by atoms with Gasteiger partial charge in [0.15, 0.2) is 0 Å². The summed E-state index contributed by atoms with van der Waals surface area (Å²) in [6.07, 6.45) is 3.32. The summed E-state index contributed by atoms with van der Waals surface area (Å²) in [7, 11) is 0. The van der Waals surface area contributed by atoms with Gasteiger partial charge in [-0.25, -0.2) is 0 Å². The molecule has 0 rings (SSSR count). The van der Waals surface area contributed by atoms with E-state index in [1.54, 1.807) is 0 Å². The van der Waals surface area contributed by atoms with Crippen LogP contribution in [0.2, 0.25) is 0 Å². The second-order valence-electron chi connectivity index (χ2n) is 0.816. The van der Waals surface area contributed by atoms with Gasteiger partial charge in [-0.3, -0.25) is 0 Å². The van der Waals surface area contributed by atoms with Crippen LogP contribution in [0.3, 0.4) is 0 Å². The molecule has 0 heterocycles. The molecule has 0 aliphatic heterocycles. The fourth-order valence-corrected chi connectivity index (χ4v) is 0. The average molecular weight is 228 g/mol. The molecule has 0 bridgehead atoms. The van der Waals surface area contributed by atoms with Gasteiger partial charge in [0.25, 0.3) is 0 Å². The minimum absolute atomic E-state index is 0. The van der Waals surface area contributed by atoms with Crippen LogP contribution in [0.4, 0.5) is 0 Å². The predicted molar refractivity (Wildman–Crippen MR) is 29.9 cm³/mol. The van der Waals surface area contributed by atoms with Gasteiger partial charge >= 0.3 is 48.9 Å². The van der Waals surface area contributed by atoms with Gasteiger partial charge in [-0.1, -0.05) is 20.3 Å². The Morgan fingerprint density at radius 3 is 1.43 bits per heavy atom. The molecule has 3 heteroatoms. The smallest absolute Gasteiger partial charge is 0.870 e. The first kappa shape index (κ1) is 23.6. The Labute approximate surface area is 85.4 Å². The number of hydrogen-bond acceptors (Lipinski definition) is 2. The zero-order valence-electron chi connectivity index (χ0n) is 4.89. The van der Waals surface area contributed by atoms with Crippen LogP contribution >= 0.6 is 0 Å². The van der Waals surface area contributed by atoms with Crippen molar-refractivity contribution in [2.75, 3.05) is 0 Å². The van der Waals surface area contributed by atoms with Crippen LogP contribution < -0.4 is 0 Å². The summed E-state index contributed by atoms with van der Waals surface area (Å²) in [5.74, 6) is 0. The van der Waals surface area contributed by atoms with Crippen LogP contribution in [-0.2, 0) is 0 Å². The van der Waals surface area contributed by atoms with Gasteiger partial charge in [0.05, 0.1) is 0 Å². The van der Waals surface area contributed by atoms with Crippen molar-refractivity contribution in [3.63, 3.8) is 0 Å². The van der Waals surface area contributed by atoms with Crippen LogP contribution in [0, 0.1) is 6.42 Å². The number of rotatable bonds is 1. The third kappa shape index (κ3) is 36.4. The Hall–Kier alpha value is 1.49. The molecule has 0 aromatic heterocycles. The van der Waals surface area contributed by atoms with E-state index in [1.807, 2.05) is 0 Å². The summed E-state index contributed by atoms with van der Waals surface area (Å²) in [6, 6.07) is 0. The van der Waals surface area contributed by atoms with Crippen LogP contribution in [0.15, 0.2) is 0 Å². The maximum Gasteiger partial charge on any atom is 2.00 e. The molecule has 0 aromatic rings. The molecule has 0 aliphatic carbocycles. The van der Waals surface area contributed by atoms with Gasteiger partial charge in [-0.05, 0) is 6.42 Å². The predicted octanol–water partition coefficient (Wildman–Crippen LogP) is 0.886. The zero-order valence-corrected chi connectivity index (χ0v) is 9.33. The van der Waals surface area contributed by atoms with Crippen LogP contribution in [0.25, 0.3) is 0 Å². The molecule has 0 atom stereocenters. The fraction of sp³-hybridized carbons (Fsp3) is 0.750. The van der Waals surface area contributed by atoms with Crippen LogP contribution in [-0.4, -0.2) is 59.8 Å². The summed E-state index contributed by atoms with van der Waals surface area (Å²) in [4.78, 5) is 0. The monoisotopic (exact) mass is 229 g/mol. The first-order valence-electron chi connectivity index (χ1n) is 1.69. The van der Waals surface area contributed by atoms with E-state index in [9.17, 15) is 0 Å². The van der Waals surface area contributed by atoms with Crippen molar-refractivity contribution in [1.82, 2.24) is 0 Å². The Kier molecular flexibility index (Phi) is 87.4. The molecule has 7 heavy (non-hydrogen) atoms. The zero-order chi connectivity index (χ0) is 3.41. The quantitative estimate of drug-likeness (QED) is 0.626. The number of hydrogen-bond donors (Lipinski definition) is 0. The van der Waals surface area contributed by atoms with Crippen molar-refractivity contribution in [3.05, 3.63) is 6.42 Å². The summed E-state index contributed by atoms with van der Waals surface area (Å²) in [5, 5.41) is 0. The summed E-state index contributed by atoms with van der Waals surface area (Å²) in [5.41, 5.74) is 0. The van der Waals surface area contributed by atoms with Crippen molar-refractivity contribution in [2.24, 2.45) is 0 Å². The fourth-order valence-electron chi connectivity index (χ4n) is 0. The van der Waals surface area contributed by atoms with Gasteiger partial charge in [0.2, 0.25) is 0 Å². The molecule has 2 N–H and O–H groups in total. The molecule has 0 saturated carbocycles. The standard InChI is InChI=1S/C4H9.Ba.2H2O/c1-3-4-2;;;/h3H,4H2,1-2H3;;2*1H2/q;+2;;/p-2. The van der Waals surface area contributed by atoms with Gasteiger partial charge in [0, 0.05) is 0 Å². The van der Waals surface area contributed by atoms with Crippen molar-refractivity contribution < 1.29 is 11.0 Å². The average Bonchev–Trinajstić information content (AvgIpc) is 1.37. The molecular formula is C4H11BaO2. The molecule has 0 spiro atoms. The molecular weight excluding hydrogens is 217 g/mol. The Morgan fingerprint density at radius 2 is 1.43 bits per heavy atom. The van der Waals surface area contributed by atoms with E-state index in [1.165, 1.54) is 6.42 Å². The van der Waals surface area contributed by atoms with Crippen LogP contribution in [0.1, 0.15) is 20.3 Å². The van der Waals surface area contributed by atoms with Gasteiger partial charge in [-0.15, -0.1) is 0 Å². The van der Waals surface area contributed by atoms with E-state index in [0.717, 1.165) is 0 Å². The molecule has 41 valence electrons. The molecule has 1 radical (unpaired) electrons. The summed E-state index contributed by atoms with van der Waals surface area (Å²) >= 11 is 0. The van der Waals surface area contributed by atoms with Gasteiger partial charge in [0.1, 0.15) is 0 Å². The van der Waals surface area contributed by atoms with Crippen molar-refractivity contribution in [2.45, 2.75) is 20.3 Å². The van der Waals surface area contributed by atoms with E-state index in [-0.39, 0.29) is 59.8 Å². The largest absolute Gasteiger partial charge is 2.00 e. The molecule has 0 aromatic carbocycles. The SMILES string of the molecule is C[CH]CC.[Ba+2].[OH-].[OH-]. The topological polar surface area (TPSA) is 60.0 Å². The van der Waals surface area contributed by atoms with Crippen molar-refractivity contribution in [3.8, 4) is 0 Å². The Bertz CT molecular complexity index is 11.7. The van der Waals surface area contributed by atoms with Crippen molar-refractivity contribution in [1.29, 1.82) is 0 Å². The van der Waals surface area contributed by atoms with E-state index >= 15 is 0 Å². The summed E-state index contributed by atoms with van der Waals surface area (Å²) in [6.45, 7) is 4.18. The van der Waals surface area contributed by atoms with Gasteiger partial charge < -0.3 is 11.0 Å². The summed E-state index contributed by atoms with van der Waals surface area (Å²) < 4.78 is 0. The normalized spacial score (nSPS) is 4.29. The number of unbranched alkanes of at least 4 members (excludes halogenated alkanes) is 1. The molecule has 0 fully saturated rings. The van der Waals surface area contributed by atoms with E-state index in [2.05, 4.69) is 20.3 Å². The maximum absolute atomic E-state index is 2.12. The van der Waals surface area contributed by atoms with E-state index in [0.29, 0.717) is 0 Å². The second-order valence-corrected chi connectivity index (χ2v) is 0.816. The molecule has 0 saturated heterocycles. The van der Waals surface area contributed by atoms with E-state index in [4.69, 9.17) is 0 Å². The molecule has 0 unspecified atom stereocenters. The Morgan fingerprint density at radius 1 is 1.29 bits per heavy atom. The molecule has 0 aliphatic rings. The van der Waals surface area contributed by atoms with Crippen LogP contribution in [0.5, 0.6) is 0 Å². The molecule has 2 nitrogen and oxygen atoms in total.